The molecule has 0 amide bonds. The Balaban J connectivity index is 1.07. The summed E-state index contributed by atoms with van der Waals surface area (Å²) in [7, 11) is 0. The second kappa shape index (κ2) is 17.9. The van der Waals surface area contributed by atoms with E-state index >= 15 is 0 Å². The standard InChI is InChI=1S/C68H48N6/c1-42-23-30-53(44(3)35-42)48-26-32-63-58(37-48)55-19-11-13-21-61(55)73(63)52-29-25-51(41-69)57(40-52)60-39-50(68-71-66(46-15-7-5-8-16-46)70-67(72-68)47-17-9-6-10-18-47)28-34-65(60)74-62-22-14-12-20-56(62)59-38-49(27-33-64(59)74)54-31-24-43(2)36-45(54)4/h5-40H,1-4H3. The molecule has 0 unspecified atom stereocenters. The maximum Gasteiger partial charge on any atom is 0.164 e. The maximum atomic E-state index is 11.2. The average molecular weight is 949 g/mol. The van der Waals surface area contributed by atoms with E-state index in [9.17, 15) is 5.26 Å². The molecular weight excluding hydrogens is 901 g/mol. The van der Waals surface area contributed by atoms with Gasteiger partial charge in [0.1, 0.15) is 0 Å². The lowest BCUT2D eigenvalue weighted by Crippen LogP contribution is -2.03. The van der Waals surface area contributed by atoms with Gasteiger partial charge in [0.2, 0.25) is 0 Å². The van der Waals surface area contributed by atoms with Gasteiger partial charge >= 0.3 is 0 Å². The molecule has 13 rings (SSSR count). The minimum atomic E-state index is 0.530. The van der Waals surface area contributed by atoms with Gasteiger partial charge in [-0.05, 0) is 134 Å². The summed E-state index contributed by atoms with van der Waals surface area (Å²) >= 11 is 0. The van der Waals surface area contributed by atoms with E-state index in [1.54, 1.807) is 0 Å². The molecule has 0 radical (unpaired) electrons. The number of aromatic nitrogens is 5. The highest BCUT2D eigenvalue weighted by Crippen LogP contribution is 2.43. The first-order valence-corrected chi connectivity index (χ1v) is 25.1. The van der Waals surface area contributed by atoms with Gasteiger partial charge < -0.3 is 9.13 Å². The second-order valence-corrected chi connectivity index (χ2v) is 19.4. The molecule has 0 bridgehead atoms. The third-order valence-electron chi connectivity index (χ3n) is 14.6. The van der Waals surface area contributed by atoms with Crippen LogP contribution in [0.5, 0.6) is 0 Å². The molecule has 74 heavy (non-hydrogen) atoms. The van der Waals surface area contributed by atoms with Crippen LogP contribution in [0.4, 0.5) is 0 Å². The highest BCUT2D eigenvalue weighted by Gasteiger charge is 2.23. The van der Waals surface area contributed by atoms with E-state index in [1.165, 1.54) is 44.5 Å². The molecule has 0 saturated carbocycles. The predicted octanol–water partition coefficient (Wildman–Crippen LogP) is 17.2. The first-order valence-electron chi connectivity index (χ1n) is 25.1. The highest BCUT2D eigenvalue weighted by atomic mass is 15.0. The Kier molecular flexibility index (Phi) is 10.7. The fourth-order valence-electron chi connectivity index (χ4n) is 11.1. The first kappa shape index (κ1) is 44.3. The zero-order valence-electron chi connectivity index (χ0n) is 41.5. The minimum absolute atomic E-state index is 0.530. The lowest BCUT2D eigenvalue weighted by molar-refractivity contribution is 1.07. The highest BCUT2D eigenvalue weighted by molar-refractivity contribution is 6.12. The van der Waals surface area contributed by atoms with E-state index < -0.39 is 0 Å². The van der Waals surface area contributed by atoms with Crippen molar-refractivity contribution in [2.45, 2.75) is 27.7 Å². The maximum absolute atomic E-state index is 11.2. The van der Waals surface area contributed by atoms with Crippen molar-refractivity contribution in [3.8, 4) is 85.0 Å². The fraction of sp³-hybridized carbons (Fsp3) is 0.0588. The van der Waals surface area contributed by atoms with Crippen LogP contribution in [0.1, 0.15) is 27.8 Å². The number of nitrogens with zero attached hydrogens (tertiary/aromatic N) is 6. The molecule has 0 aliphatic carbocycles. The van der Waals surface area contributed by atoms with Crippen LogP contribution in [-0.2, 0) is 0 Å². The van der Waals surface area contributed by atoms with E-state index in [4.69, 9.17) is 15.0 Å². The van der Waals surface area contributed by atoms with Crippen molar-refractivity contribution < 1.29 is 0 Å². The third-order valence-corrected chi connectivity index (χ3v) is 14.6. The molecule has 0 atom stereocenters. The van der Waals surface area contributed by atoms with E-state index in [2.05, 4.69) is 195 Å². The van der Waals surface area contributed by atoms with Gasteiger partial charge in [-0.2, -0.15) is 5.26 Å². The van der Waals surface area contributed by atoms with Gasteiger partial charge in [-0.1, -0.05) is 157 Å². The smallest absolute Gasteiger partial charge is 0.164 e. The quantitative estimate of drug-likeness (QED) is 0.152. The Labute approximate surface area is 429 Å². The average Bonchev–Trinajstić information content (AvgIpc) is 3.95. The van der Waals surface area contributed by atoms with Crippen LogP contribution in [0, 0.1) is 39.0 Å². The Bertz CT molecular complexity index is 4360. The van der Waals surface area contributed by atoms with E-state index in [0.717, 1.165) is 82.8 Å². The van der Waals surface area contributed by atoms with Crippen molar-refractivity contribution >= 4 is 43.6 Å². The zero-order valence-corrected chi connectivity index (χ0v) is 41.5. The molecule has 0 aliphatic rings. The Morgan fingerprint density at radius 3 is 1.35 bits per heavy atom. The van der Waals surface area contributed by atoms with Crippen molar-refractivity contribution in [2.24, 2.45) is 0 Å². The molecule has 0 aliphatic heterocycles. The molecule has 6 nitrogen and oxygen atoms in total. The summed E-state index contributed by atoms with van der Waals surface area (Å²) < 4.78 is 4.69. The number of nitriles is 1. The first-order chi connectivity index (χ1) is 36.3. The number of rotatable bonds is 8. The molecule has 6 heteroatoms. The predicted molar refractivity (Wildman–Crippen MR) is 305 cm³/mol. The van der Waals surface area contributed by atoms with Gasteiger partial charge in [0, 0.05) is 55.0 Å². The van der Waals surface area contributed by atoms with Crippen LogP contribution in [-0.4, -0.2) is 24.1 Å². The third kappa shape index (κ3) is 7.53. The van der Waals surface area contributed by atoms with Crippen LogP contribution in [0.3, 0.4) is 0 Å². The normalized spacial score (nSPS) is 11.5. The van der Waals surface area contributed by atoms with Crippen LogP contribution < -0.4 is 0 Å². The molecule has 13 aromatic rings. The minimum Gasteiger partial charge on any atom is -0.309 e. The number of aryl methyl sites for hydroxylation is 4. The molecule has 3 heterocycles. The van der Waals surface area contributed by atoms with Crippen LogP contribution in [0.2, 0.25) is 0 Å². The van der Waals surface area contributed by atoms with Gasteiger partial charge in [0.15, 0.2) is 17.5 Å². The van der Waals surface area contributed by atoms with Crippen LogP contribution in [0.15, 0.2) is 218 Å². The molecule has 0 spiro atoms. The Morgan fingerprint density at radius 1 is 0.338 bits per heavy atom. The van der Waals surface area contributed by atoms with Crippen molar-refractivity contribution in [3.63, 3.8) is 0 Å². The Morgan fingerprint density at radius 2 is 0.811 bits per heavy atom. The van der Waals surface area contributed by atoms with Crippen LogP contribution >= 0.6 is 0 Å². The summed E-state index contributed by atoms with van der Waals surface area (Å²) in [6, 6.07) is 79.6. The topological polar surface area (TPSA) is 72.3 Å². The van der Waals surface area contributed by atoms with Gasteiger partial charge in [0.25, 0.3) is 0 Å². The van der Waals surface area contributed by atoms with Crippen molar-refractivity contribution in [2.75, 3.05) is 0 Å². The fourth-order valence-corrected chi connectivity index (χ4v) is 11.1. The lowest BCUT2D eigenvalue weighted by atomic mass is 9.95. The molecule has 0 N–H and O–H groups in total. The summed E-state index contributed by atoms with van der Waals surface area (Å²) in [5, 5.41) is 15.8. The SMILES string of the molecule is Cc1ccc(-c2ccc3c(c2)c2ccccc2n3-c2ccc(C#N)c(-c3cc(-c4nc(-c5ccccc5)nc(-c5ccccc5)n4)ccc3-n3c4ccccc4c4cc(-c5ccc(C)cc5C)ccc43)c2)c(C)c1. The van der Waals surface area contributed by atoms with Crippen molar-refractivity contribution in [3.05, 3.63) is 246 Å². The monoisotopic (exact) mass is 948 g/mol. The molecule has 3 aromatic heterocycles. The summed E-state index contributed by atoms with van der Waals surface area (Å²) in [4.78, 5) is 15.4. The number of para-hydroxylation sites is 2. The number of hydrogen-bond donors (Lipinski definition) is 0. The van der Waals surface area contributed by atoms with Gasteiger partial charge in [-0.15, -0.1) is 0 Å². The molecule has 0 fully saturated rings. The number of hydrogen-bond acceptors (Lipinski definition) is 4. The second-order valence-electron chi connectivity index (χ2n) is 19.4. The van der Waals surface area contributed by atoms with E-state index in [1.807, 2.05) is 66.7 Å². The van der Waals surface area contributed by atoms with Crippen molar-refractivity contribution in [1.29, 1.82) is 5.26 Å². The van der Waals surface area contributed by atoms with Gasteiger partial charge in [-0.25, -0.2) is 15.0 Å². The van der Waals surface area contributed by atoms with E-state index in [0.29, 0.717) is 23.0 Å². The molecular formula is C68H48N6. The zero-order chi connectivity index (χ0) is 50.0. The largest absolute Gasteiger partial charge is 0.309 e. The van der Waals surface area contributed by atoms with Gasteiger partial charge in [-0.3, -0.25) is 0 Å². The lowest BCUT2D eigenvalue weighted by Gasteiger charge is -2.18. The summed E-state index contributed by atoms with van der Waals surface area (Å²) in [5.74, 6) is 1.69. The number of benzene rings is 10. The van der Waals surface area contributed by atoms with Crippen molar-refractivity contribution in [1.82, 2.24) is 24.1 Å². The summed E-state index contributed by atoms with van der Waals surface area (Å²) in [5.41, 5.74) is 20.7. The summed E-state index contributed by atoms with van der Waals surface area (Å²) in [6.07, 6.45) is 0. The molecule has 0 saturated heterocycles. The molecule has 10 aromatic carbocycles. The Hall–Kier alpha value is -9.70. The number of fused-ring (bicyclic) bond motifs is 6. The van der Waals surface area contributed by atoms with Gasteiger partial charge in [0.05, 0.1) is 39.4 Å². The summed E-state index contributed by atoms with van der Waals surface area (Å²) in [6.45, 7) is 8.65. The van der Waals surface area contributed by atoms with E-state index in [-0.39, 0.29) is 0 Å². The molecule has 350 valence electrons. The van der Waals surface area contributed by atoms with Crippen LogP contribution in [0.25, 0.3) is 123 Å².